The van der Waals surface area contributed by atoms with Crippen molar-refractivity contribution in [3.8, 4) is 0 Å². The number of benzene rings is 3. The second-order valence-corrected chi connectivity index (χ2v) is 8.08. The van der Waals surface area contributed by atoms with Crippen LogP contribution < -0.4 is 4.90 Å². The molecule has 1 atom stereocenters. The zero-order valence-corrected chi connectivity index (χ0v) is 16.4. The van der Waals surface area contributed by atoms with Crippen LogP contribution in [0.3, 0.4) is 0 Å². The standard InChI is InChI=1S/C23H18ClNOS/c1-17(26)25-21-12-5-6-13-22(21)27-23(25,19-9-3-2-4-10-19)15-14-18-8-7-11-20(24)16-18/h2-16H,1H3/b15-14+. The lowest BCUT2D eigenvalue weighted by Gasteiger charge is -2.35. The molecule has 0 spiro atoms. The fourth-order valence-electron chi connectivity index (χ4n) is 3.41. The number of hydrogen-bond donors (Lipinski definition) is 0. The highest BCUT2D eigenvalue weighted by atomic mass is 35.5. The summed E-state index contributed by atoms with van der Waals surface area (Å²) in [5.41, 5.74) is 2.99. The molecule has 0 radical (unpaired) electrons. The molecular weight excluding hydrogens is 374 g/mol. The highest BCUT2D eigenvalue weighted by molar-refractivity contribution is 8.01. The summed E-state index contributed by atoms with van der Waals surface area (Å²) in [6.45, 7) is 1.62. The summed E-state index contributed by atoms with van der Waals surface area (Å²) in [5.74, 6) is 0.00653. The maximum atomic E-state index is 12.7. The van der Waals surface area contributed by atoms with Gasteiger partial charge in [0.2, 0.25) is 5.91 Å². The van der Waals surface area contributed by atoms with E-state index in [4.69, 9.17) is 11.6 Å². The van der Waals surface area contributed by atoms with Crippen molar-refractivity contribution in [2.45, 2.75) is 16.7 Å². The fourth-order valence-corrected chi connectivity index (χ4v) is 5.07. The molecule has 2 nitrogen and oxygen atoms in total. The number of carbonyl (C=O) groups is 1. The minimum Gasteiger partial charge on any atom is -0.288 e. The van der Waals surface area contributed by atoms with Gasteiger partial charge in [-0.15, -0.1) is 0 Å². The number of anilines is 1. The summed E-state index contributed by atoms with van der Waals surface area (Å²) in [6, 6.07) is 25.9. The maximum Gasteiger partial charge on any atom is 0.225 e. The van der Waals surface area contributed by atoms with E-state index >= 15 is 0 Å². The lowest BCUT2D eigenvalue weighted by molar-refractivity contribution is -0.117. The van der Waals surface area contributed by atoms with E-state index in [2.05, 4.69) is 24.3 Å². The quantitative estimate of drug-likeness (QED) is 0.517. The molecule has 1 heterocycles. The maximum absolute atomic E-state index is 12.7. The molecule has 1 amide bonds. The molecule has 0 saturated heterocycles. The first-order valence-electron chi connectivity index (χ1n) is 8.69. The van der Waals surface area contributed by atoms with Gasteiger partial charge in [-0.2, -0.15) is 0 Å². The van der Waals surface area contributed by atoms with Crippen molar-refractivity contribution in [3.63, 3.8) is 0 Å². The third-order valence-electron chi connectivity index (χ3n) is 4.56. The Morgan fingerprint density at radius 3 is 2.48 bits per heavy atom. The first-order valence-corrected chi connectivity index (χ1v) is 9.89. The Bertz CT molecular complexity index is 1020. The molecule has 1 aliphatic rings. The normalized spacial score (nSPS) is 18.7. The van der Waals surface area contributed by atoms with Crippen LogP contribution in [0.25, 0.3) is 6.08 Å². The van der Waals surface area contributed by atoms with Crippen molar-refractivity contribution in [1.82, 2.24) is 0 Å². The van der Waals surface area contributed by atoms with Gasteiger partial charge in [0.05, 0.1) is 5.69 Å². The van der Waals surface area contributed by atoms with Gasteiger partial charge in [-0.1, -0.05) is 84.0 Å². The molecule has 4 heteroatoms. The van der Waals surface area contributed by atoms with Crippen molar-refractivity contribution in [2.75, 3.05) is 4.90 Å². The zero-order chi connectivity index (χ0) is 18.9. The van der Waals surface area contributed by atoms with Crippen LogP contribution in [0.1, 0.15) is 18.1 Å². The molecule has 0 aliphatic carbocycles. The number of nitrogens with zero attached hydrogens (tertiary/aromatic N) is 1. The molecule has 134 valence electrons. The number of hydrogen-bond acceptors (Lipinski definition) is 2. The Hall–Kier alpha value is -2.49. The van der Waals surface area contributed by atoms with Crippen LogP contribution in [-0.2, 0) is 9.67 Å². The average molecular weight is 392 g/mol. The van der Waals surface area contributed by atoms with Crippen molar-refractivity contribution in [1.29, 1.82) is 0 Å². The van der Waals surface area contributed by atoms with E-state index in [0.29, 0.717) is 5.02 Å². The van der Waals surface area contributed by atoms with Crippen LogP contribution in [0.2, 0.25) is 5.02 Å². The monoisotopic (exact) mass is 391 g/mol. The van der Waals surface area contributed by atoms with Gasteiger partial charge in [-0.3, -0.25) is 9.69 Å². The van der Waals surface area contributed by atoms with Crippen LogP contribution in [-0.4, -0.2) is 5.91 Å². The Labute approximate surface area is 168 Å². The first-order chi connectivity index (χ1) is 13.1. The smallest absolute Gasteiger partial charge is 0.225 e. The van der Waals surface area contributed by atoms with Gasteiger partial charge >= 0.3 is 0 Å². The van der Waals surface area contributed by atoms with E-state index in [0.717, 1.165) is 21.7 Å². The third-order valence-corrected chi connectivity index (χ3v) is 6.22. The number of carbonyl (C=O) groups excluding carboxylic acids is 1. The molecule has 0 fully saturated rings. The Kier molecular flexibility index (Phi) is 4.81. The molecule has 0 aromatic heterocycles. The van der Waals surface area contributed by atoms with Crippen LogP contribution in [0.15, 0.2) is 89.8 Å². The molecule has 0 N–H and O–H groups in total. The van der Waals surface area contributed by atoms with E-state index in [1.807, 2.05) is 71.6 Å². The minimum atomic E-state index is -0.640. The number of halogens is 1. The van der Waals surface area contributed by atoms with E-state index in [9.17, 15) is 4.79 Å². The lowest BCUT2D eigenvalue weighted by atomic mass is 10.0. The molecule has 4 rings (SSSR count). The van der Waals surface area contributed by atoms with Gasteiger partial charge in [0.1, 0.15) is 4.87 Å². The van der Waals surface area contributed by atoms with Gasteiger partial charge in [0.15, 0.2) is 0 Å². The number of fused-ring (bicyclic) bond motifs is 1. The van der Waals surface area contributed by atoms with Crippen LogP contribution >= 0.6 is 23.4 Å². The molecule has 3 aromatic carbocycles. The van der Waals surface area contributed by atoms with Crippen LogP contribution in [0.4, 0.5) is 5.69 Å². The largest absolute Gasteiger partial charge is 0.288 e. The average Bonchev–Trinajstić information content (AvgIpc) is 3.03. The molecule has 3 aromatic rings. The van der Waals surface area contributed by atoms with Crippen molar-refractivity contribution >= 4 is 41.0 Å². The number of rotatable bonds is 3. The summed E-state index contributed by atoms with van der Waals surface area (Å²) >= 11 is 7.82. The van der Waals surface area contributed by atoms with E-state index in [-0.39, 0.29) is 5.91 Å². The van der Waals surface area contributed by atoms with Crippen molar-refractivity contribution in [2.24, 2.45) is 0 Å². The molecular formula is C23H18ClNOS. The lowest BCUT2D eigenvalue weighted by Crippen LogP contribution is -2.42. The summed E-state index contributed by atoms with van der Waals surface area (Å²) in [6.07, 6.45) is 4.13. The Balaban J connectivity index is 1.89. The van der Waals surface area contributed by atoms with E-state index < -0.39 is 4.87 Å². The summed E-state index contributed by atoms with van der Waals surface area (Å²) < 4.78 is 0. The van der Waals surface area contributed by atoms with E-state index in [1.165, 1.54) is 0 Å². The van der Waals surface area contributed by atoms with Gasteiger partial charge in [-0.25, -0.2) is 0 Å². The molecule has 0 bridgehead atoms. The summed E-state index contributed by atoms with van der Waals surface area (Å²) in [4.78, 5) is 15.0. The van der Waals surface area contributed by atoms with Gasteiger partial charge in [0, 0.05) is 16.8 Å². The summed E-state index contributed by atoms with van der Waals surface area (Å²) in [7, 11) is 0. The van der Waals surface area contributed by atoms with Crippen molar-refractivity contribution < 1.29 is 4.79 Å². The highest BCUT2D eigenvalue weighted by Crippen LogP contribution is 2.56. The molecule has 27 heavy (non-hydrogen) atoms. The molecule has 0 saturated carbocycles. The van der Waals surface area contributed by atoms with Gasteiger partial charge < -0.3 is 0 Å². The zero-order valence-electron chi connectivity index (χ0n) is 14.8. The molecule has 1 aliphatic heterocycles. The predicted octanol–water partition coefficient (Wildman–Crippen LogP) is 6.37. The molecule has 1 unspecified atom stereocenters. The number of para-hydroxylation sites is 1. The van der Waals surface area contributed by atoms with E-state index in [1.54, 1.807) is 18.7 Å². The second-order valence-electron chi connectivity index (χ2n) is 6.38. The van der Waals surface area contributed by atoms with Gasteiger partial charge in [-0.05, 0) is 41.5 Å². The summed E-state index contributed by atoms with van der Waals surface area (Å²) in [5, 5.41) is 0.691. The SMILES string of the molecule is CC(=O)N1c2ccccc2SC1(/C=C/c1cccc(Cl)c1)c1ccccc1. The third kappa shape index (κ3) is 3.29. The fraction of sp³-hybridized carbons (Fsp3) is 0.0870. The van der Waals surface area contributed by atoms with Crippen LogP contribution in [0, 0.1) is 0 Å². The topological polar surface area (TPSA) is 20.3 Å². The Morgan fingerprint density at radius 2 is 1.74 bits per heavy atom. The van der Waals surface area contributed by atoms with Gasteiger partial charge in [0.25, 0.3) is 0 Å². The number of amides is 1. The Morgan fingerprint density at radius 1 is 1.00 bits per heavy atom. The number of thioether (sulfide) groups is 1. The van der Waals surface area contributed by atoms with Crippen LogP contribution in [0.5, 0.6) is 0 Å². The first kappa shape index (κ1) is 17.9. The predicted molar refractivity (Wildman–Crippen MR) is 114 cm³/mol. The van der Waals surface area contributed by atoms with Crippen molar-refractivity contribution in [3.05, 3.63) is 101 Å². The second kappa shape index (κ2) is 7.26. The minimum absolute atomic E-state index is 0.00653. The highest BCUT2D eigenvalue weighted by Gasteiger charge is 2.46.